The standard InChI is InChI=1S/C33H36Br2N8O3/c34-26-18-22(19-27(35)30(26)36)20-28(31(44)41-16-14-40(15-17-41)24-6-10-37-11-7-24)38-32(45)42-12-8-25(9-13-42)43-21-29(39-33(43)46)23-4-2-1-3-5-23/h1-7,10-11,18-19,21,25,28H,8-9,12-17,20,36H2,(H,38,45)(H,39,46)/t28-/m1/s1. The number of H-pyrrole nitrogens is 1. The van der Waals surface area contributed by atoms with Gasteiger partial charge in [-0.15, -0.1) is 0 Å². The van der Waals surface area contributed by atoms with Gasteiger partial charge >= 0.3 is 11.7 Å². The van der Waals surface area contributed by atoms with Gasteiger partial charge in [-0.3, -0.25) is 14.3 Å². The van der Waals surface area contributed by atoms with E-state index in [0.29, 0.717) is 64.2 Å². The summed E-state index contributed by atoms with van der Waals surface area (Å²) in [4.78, 5) is 53.3. The summed E-state index contributed by atoms with van der Waals surface area (Å²) in [6.07, 6.45) is 6.97. The average Bonchev–Trinajstić information content (AvgIpc) is 3.48. The molecule has 240 valence electrons. The number of hydrogen-bond acceptors (Lipinski definition) is 6. The van der Waals surface area contributed by atoms with E-state index in [0.717, 1.165) is 31.5 Å². The molecule has 4 heterocycles. The Balaban J connectivity index is 1.12. The Morgan fingerprint density at radius 2 is 1.59 bits per heavy atom. The highest BCUT2D eigenvalue weighted by Gasteiger charge is 2.32. The number of nitrogen functional groups attached to an aromatic ring is 1. The zero-order valence-corrected chi connectivity index (χ0v) is 28.4. The van der Waals surface area contributed by atoms with Gasteiger partial charge in [0.15, 0.2) is 0 Å². The maximum atomic E-state index is 14.0. The molecule has 13 heteroatoms. The predicted molar refractivity (Wildman–Crippen MR) is 186 cm³/mol. The first-order valence-electron chi connectivity index (χ1n) is 15.4. The maximum absolute atomic E-state index is 14.0. The number of amides is 3. The van der Waals surface area contributed by atoms with Gasteiger partial charge in [0.05, 0.1) is 11.4 Å². The van der Waals surface area contributed by atoms with Crippen molar-refractivity contribution < 1.29 is 9.59 Å². The summed E-state index contributed by atoms with van der Waals surface area (Å²) in [5.41, 5.74) is 10.2. The van der Waals surface area contributed by atoms with E-state index in [1.165, 1.54) is 0 Å². The number of urea groups is 1. The second-order valence-electron chi connectivity index (χ2n) is 11.7. The van der Waals surface area contributed by atoms with Gasteiger partial charge in [-0.2, -0.15) is 0 Å². The van der Waals surface area contributed by atoms with Gasteiger partial charge in [-0.05, 0) is 80.1 Å². The first kappa shape index (κ1) is 31.9. The number of benzene rings is 2. The van der Waals surface area contributed by atoms with E-state index in [2.05, 4.69) is 52.0 Å². The highest BCUT2D eigenvalue weighted by molar-refractivity contribution is 9.11. The van der Waals surface area contributed by atoms with Crippen molar-refractivity contribution in [3.05, 3.63) is 98.2 Å². The molecule has 11 nitrogen and oxygen atoms in total. The van der Waals surface area contributed by atoms with Crippen LogP contribution in [0.2, 0.25) is 0 Å². The van der Waals surface area contributed by atoms with Crippen LogP contribution in [-0.4, -0.2) is 81.6 Å². The number of pyridine rings is 1. The molecule has 2 aromatic carbocycles. The van der Waals surface area contributed by atoms with Crippen LogP contribution in [0, 0.1) is 0 Å². The van der Waals surface area contributed by atoms with Crippen molar-refractivity contribution in [1.29, 1.82) is 0 Å². The summed E-state index contributed by atoms with van der Waals surface area (Å²) in [7, 11) is 0. The van der Waals surface area contributed by atoms with Crippen LogP contribution < -0.4 is 21.6 Å². The SMILES string of the molecule is Nc1c(Br)cc(C[C@@H](NC(=O)N2CCC(n3cc(-c4ccccc4)[nH]c3=O)CC2)C(=O)N2CCN(c3ccncc3)CC2)cc1Br. The molecule has 0 aliphatic carbocycles. The average molecular weight is 753 g/mol. The van der Waals surface area contributed by atoms with Gasteiger partial charge < -0.3 is 30.7 Å². The number of carbonyl (C=O) groups is 2. The Morgan fingerprint density at radius 3 is 2.24 bits per heavy atom. The van der Waals surface area contributed by atoms with Crippen LogP contribution in [0.4, 0.5) is 16.2 Å². The molecule has 2 saturated heterocycles. The van der Waals surface area contributed by atoms with Gasteiger partial charge in [0.25, 0.3) is 0 Å². The first-order valence-corrected chi connectivity index (χ1v) is 16.9. The maximum Gasteiger partial charge on any atom is 0.326 e. The number of carbonyl (C=O) groups excluding carboxylic acids is 2. The molecule has 6 rings (SSSR count). The van der Waals surface area contributed by atoms with Crippen LogP contribution >= 0.6 is 31.9 Å². The lowest BCUT2D eigenvalue weighted by atomic mass is 10.0. The summed E-state index contributed by atoms with van der Waals surface area (Å²) < 4.78 is 3.18. The molecule has 2 aliphatic rings. The van der Waals surface area contributed by atoms with Crippen molar-refractivity contribution in [1.82, 2.24) is 29.7 Å². The minimum atomic E-state index is -0.763. The zero-order chi connectivity index (χ0) is 32.2. The Hall–Kier alpha value is -4.10. The van der Waals surface area contributed by atoms with Crippen LogP contribution in [0.25, 0.3) is 11.3 Å². The predicted octanol–water partition coefficient (Wildman–Crippen LogP) is 4.65. The zero-order valence-electron chi connectivity index (χ0n) is 25.2. The van der Waals surface area contributed by atoms with Gasteiger partial charge in [-0.25, -0.2) is 9.59 Å². The molecule has 3 amide bonds. The fourth-order valence-corrected chi connectivity index (χ4v) is 7.46. The van der Waals surface area contributed by atoms with E-state index in [-0.39, 0.29) is 23.7 Å². The quantitative estimate of drug-likeness (QED) is 0.236. The molecule has 1 atom stereocenters. The molecule has 46 heavy (non-hydrogen) atoms. The molecule has 0 spiro atoms. The largest absolute Gasteiger partial charge is 0.397 e. The number of imidazole rings is 1. The molecule has 4 aromatic rings. The molecule has 0 bridgehead atoms. The molecule has 4 N–H and O–H groups in total. The van der Waals surface area contributed by atoms with Crippen molar-refractivity contribution in [2.75, 3.05) is 49.9 Å². The monoisotopic (exact) mass is 750 g/mol. The molecule has 0 unspecified atom stereocenters. The minimum Gasteiger partial charge on any atom is -0.397 e. The number of nitrogens with two attached hydrogens (primary N) is 1. The number of nitrogens with zero attached hydrogens (tertiary/aromatic N) is 5. The van der Waals surface area contributed by atoms with E-state index in [1.807, 2.05) is 65.7 Å². The second-order valence-corrected chi connectivity index (χ2v) is 13.4. The van der Waals surface area contributed by atoms with Crippen LogP contribution in [-0.2, 0) is 11.2 Å². The Labute approximate surface area is 284 Å². The number of hydrogen-bond donors (Lipinski definition) is 3. The number of halogens is 2. The fourth-order valence-electron chi connectivity index (χ4n) is 6.18. The smallest absolute Gasteiger partial charge is 0.326 e. The Morgan fingerprint density at radius 1 is 0.935 bits per heavy atom. The number of nitrogens with one attached hydrogen (secondary N) is 2. The molecule has 2 aromatic heterocycles. The number of rotatable bonds is 7. The number of piperidine rings is 1. The molecule has 0 radical (unpaired) electrons. The highest BCUT2D eigenvalue weighted by Crippen LogP contribution is 2.30. The molecule has 2 aliphatic heterocycles. The lowest BCUT2D eigenvalue weighted by Crippen LogP contribution is -2.57. The van der Waals surface area contributed by atoms with Gasteiger partial charge in [-0.1, -0.05) is 30.3 Å². The van der Waals surface area contributed by atoms with Crippen LogP contribution in [0.1, 0.15) is 24.4 Å². The summed E-state index contributed by atoms with van der Waals surface area (Å²) in [6, 6.07) is 16.4. The Kier molecular flexibility index (Phi) is 9.78. The van der Waals surface area contributed by atoms with Gasteiger partial charge in [0, 0.05) is 85.0 Å². The third-order valence-corrected chi connectivity index (χ3v) is 10.1. The van der Waals surface area contributed by atoms with Crippen molar-refractivity contribution in [2.45, 2.75) is 31.3 Å². The van der Waals surface area contributed by atoms with E-state index < -0.39 is 6.04 Å². The summed E-state index contributed by atoms with van der Waals surface area (Å²) in [5.74, 6) is -0.117. The van der Waals surface area contributed by atoms with Crippen LogP contribution in [0.3, 0.4) is 0 Å². The normalized spacial score (nSPS) is 16.3. The van der Waals surface area contributed by atoms with E-state index in [4.69, 9.17) is 5.73 Å². The summed E-state index contributed by atoms with van der Waals surface area (Å²) in [5, 5.41) is 3.06. The van der Waals surface area contributed by atoms with E-state index >= 15 is 0 Å². The van der Waals surface area contributed by atoms with Crippen molar-refractivity contribution >= 4 is 55.2 Å². The third-order valence-electron chi connectivity index (χ3n) is 8.77. The molecule has 2 fully saturated rings. The van der Waals surface area contributed by atoms with Crippen LogP contribution in [0.15, 0.2) is 86.9 Å². The fraction of sp³-hybridized carbons (Fsp3) is 0.333. The van der Waals surface area contributed by atoms with E-state index in [1.54, 1.807) is 21.9 Å². The molecular weight excluding hydrogens is 716 g/mol. The van der Waals surface area contributed by atoms with Gasteiger partial charge in [0.2, 0.25) is 5.91 Å². The molecule has 0 saturated carbocycles. The van der Waals surface area contributed by atoms with Gasteiger partial charge in [0.1, 0.15) is 6.04 Å². The first-order chi connectivity index (χ1) is 22.3. The topological polar surface area (TPSA) is 133 Å². The summed E-state index contributed by atoms with van der Waals surface area (Å²) in [6.45, 7) is 3.41. The number of aromatic amines is 1. The second kappa shape index (κ2) is 14.1. The van der Waals surface area contributed by atoms with Crippen molar-refractivity contribution in [3.63, 3.8) is 0 Å². The van der Waals surface area contributed by atoms with E-state index in [9.17, 15) is 14.4 Å². The van der Waals surface area contributed by atoms with Crippen molar-refractivity contribution in [2.24, 2.45) is 0 Å². The number of piperazine rings is 1. The number of aromatic nitrogens is 3. The highest BCUT2D eigenvalue weighted by atomic mass is 79.9. The number of likely N-dealkylation sites (tertiary alicyclic amines) is 1. The van der Waals surface area contributed by atoms with Crippen molar-refractivity contribution in [3.8, 4) is 11.3 Å². The lowest BCUT2D eigenvalue weighted by molar-refractivity contribution is -0.133. The minimum absolute atomic E-state index is 0.0242. The number of anilines is 2. The lowest BCUT2D eigenvalue weighted by Gasteiger charge is -2.38. The third kappa shape index (κ3) is 7.15. The van der Waals surface area contributed by atoms with Crippen LogP contribution in [0.5, 0.6) is 0 Å². The molecular formula is C33H36Br2N8O3. The summed E-state index contributed by atoms with van der Waals surface area (Å²) >= 11 is 7.01. The Bertz CT molecular complexity index is 1710.